The van der Waals surface area contributed by atoms with Crippen molar-refractivity contribution in [2.45, 2.75) is 32.6 Å². The van der Waals surface area contributed by atoms with Gasteiger partial charge < -0.3 is 14.4 Å². The molecule has 0 spiro atoms. The summed E-state index contributed by atoms with van der Waals surface area (Å²) in [5, 5.41) is 0. The molecule has 5 nitrogen and oxygen atoms in total. The lowest BCUT2D eigenvalue weighted by molar-refractivity contribution is -0.0387. The molecule has 24 heavy (non-hydrogen) atoms. The standard InChI is InChI=1S/C19H22N2O3/c1-14-12-23-15(2)11-21(14)19(22)17-8-9-20-18(10-17)24-13-16-6-4-3-5-7-16/h3-10,14-15H,11-13H2,1-2H3/t14-,15-/m1/s1. The molecule has 1 fully saturated rings. The molecule has 1 aromatic heterocycles. The van der Waals surface area contributed by atoms with Crippen LogP contribution in [0.25, 0.3) is 0 Å². The van der Waals surface area contributed by atoms with Crippen LogP contribution in [0.4, 0.5) is 0 Å². The molecule has 2 atom stereocenters. The number of pyridine rings is 1. The number of rotatable bonds is 4. The summed E-state index contributed by atoms with van der Waals surface area (Å²) < 4.78 is 11.3. The summed E-state index contributed by atoms with van der Waals surface area (Å²) in [5.41, 5.74) is 1.65. The Morgan fingerprint density at radius 2 is 2.08 bits per heavy atom. The Kier molecular flexibility index (Phi) is 5.11. The summed E-state index contributed by atoms with van der Waals surface area (Å²) in [6, 6.07) is 13.4. The second-order valence-electron chi connectivity index (χ2n) is 6.11. The van der Waals surface area contributed by atoms with Crippen molar-refractivity contribution in [1.29, 1.82) is 0 Å². The summed E-state index contributed by atoms with van der Waals surface area (Å²) >= 11 is 0. The molecule has 0 N–H and O–H groups in total. The van der Waals surface area contributed by atoms with Crippen molar-refractivity contribution in [1.82, 2.24) is 9.88 Å². The number of benzene rings is 1. The minimum absolute atomic E-state index is 0.00962. The Hall–Kier alpha value is -2.40. The van der Waals surface area contributed by atoms with Crippen molar-refractivity contribution >= 4 is 5.91 Å². The molecule has 1 amide bonds. The maximum Gasteiger partial charge on any atom is 0.254 e. The Labute approximate surface area is 142 Å². The Morgan fingerprint density at radius 3 is 2.88 bits per heavy atom. The molecular formula is C19H22N2O3. The molecule has 3 rings (SSSR count). The third-order valence-corrected chi connectivity index (χ3v) is 4.08. The van der Waals surface area contributed by atoms with Crippen molar-refractivity contribution in [3.05, 3.63) is 59.8 Å². The van der Waals surface area contributed by atoms with Crippen LogP contribution in [-0.2, 0) is 11.3 Å². The molecule has 1 saturated heterocycles. The first-order valence-electron chi connectivity index (χ1n) is 8.19. The zero-order valence-corrected chi connectivity index (χ0v) is 14.0. The van der Waals surface area contributed by atoms with Crippen LogP contribution in [-0.4, -0.2) is 41.1 Å². The number of carbonyl (C=O) groups is 1. The first-order chi connectivity index (χ1) is 11.6. The SMILES string of the molecule is C[C@@H]1CN(C(=O)c2ccnc(OCc3ccccc3)c2)[C@H](C)CO1. The van der Waals surface area contributed by atoms with Crippen molar-refractivity contribution in [3.8, 4) is 5.88 Å². The zero-order chi connectivity index (χ0) is 16.9. The molecule has 5 heteroatoms. The van der Waals surface area contributed by atoms with Gasteiger partial charge in [0.1, 0.15) is 6.61 Å². The van der Waals surface area contributed by atoms with Gasteiger partial charge in [0.05, 0.1) is 18.8 Å². The number of carbonyl (C=O) groups excluding carboxylic acids is 1. The highest BCUT2D eigenvalue weighted by Crippen LogP contribution is 2.18. The van der Waals surface area contributed by atoms with Gasteiger partial charge in [-0.05, 0) is 25.5 Å². The van der Waals surface area contributed by atoms with Crippen molar-refractivity contribution < 1.29 is 14.3 Å². The molecule has 1 aliphatic rings. The van der Waals surface area contributed by atoms with Gasteiger partial charge in [-0.15, -0.1) is 0 Å². The fourth-order valence-corrected chi connectivity index (χ4v) is 2.70. The molecule has 0 bridgehead atoms. The number of aromatic nitrogens is 1. The quantitative estimate of drug-likeness (QED) is 0.867. The second kappa shape index (κ2) is 7.45. The summed E-state index contributed by atoms with van der Waals surface area (Å²) in [6.45, 7) is 5.57. The van der Waals surface area contributed by atoms with E-state index in [9.17, 15) is 4.79 Å². The smallest absolute Gasteiger partial charge is 0.254 e. The lowest BCUT2D eigenvalue weighted by Gasteiger charge is -2.36. The van der Waals surface area contributed by atoms with Crippen LogP contribution >= 0.6 is 0 Å². The molecule has 1 aliphatic heterocycles. The highest BCUT2D eigenvalue weighted by molar-refractivity contribution is 5.94. The Bertz CT molecular complexity index is 690. The molecule has 0 unspecified atom stereocenters. The maximum atomic E-state index is 12.8. The van der Waals surface area contributed by atoms with E-state index >= 15 is 0 Å². The number of morpholine rings is 1. The van der Waals surface area contributed by atoms with Crippen LogP contribution in [0.1, 0.15) is 29.8 Å². The second-order valence-corrected chi connectivity index (χ2v) is 6.11. The number of ether oxygens (including phenoxy) is 2. The van der Waals surface area contributed by atoms with Gasteiger partial charge in [0.2, 0.25) is 5.88 Å². The van der Waals surface area contributed by atoms with Crippen molar-refractivity contribution in [3.63, 3.8) is 0 Å². The third kappa shape index (κ3) is 3.92. The topological polar surface area (TPSA) is 51.7 Å². The first-order valence-corrected chi connectivity index (χ1v) is 8.19. The van der Waals surface area contributed by atoms with Gasteiger partial charge in [-0.1, -0.05) is 30.3 Å². The average molecular weight is 326 g/mol. The van der Waals surface area contributed by atoms with Gasteiger partial charge in [-0.2, -0.15) is 0 Å². The van der Waals surface area contributed by atoms with E-state index in [1.54, 1.807) is 18.3 Å². The molecule has 126 valence electrons. The minimum atomic E-state index is -0.00962. The van der Waals surface area contributed by atoms with Gasteiger partial charge in [-0.3, -0.25) is 4.79 Å². The van der Waals surface area contributed by atoms with E-state index in [1.807, 2.05) is 49.1 Å². The zero-order valence-electron chi connectivity index (χ0n) is 14.0. The van der Waals surface area contributed by atoms with Crippen LogP contribution in [0, 0.1) is 0 Å². The van der Waals surface area contributed by atoms with E-state index in [0.29, 0.717) is 31.2 Å². The van der Waals surface area contributed by atoms with Gasteiger partial charge in [0.25, 0.3) is 5.91 Å². The van der Waals surface area contributed by atoms with Crippen LogP contribution < -0.4 is 4.74 Å². The molecule has 0 radical (unpaired) electrons. The van der Waals surface area contributed by atoms with E-state index in [-0.39, 0.29) is 18.1 Å². The fraction of sp³-hybridized carbons (Fsp3) is 0.368. The molecule has 2 heterocycles. The van der Waals surface area contributed by atoms with Gasteiger partial charge in [0.15, 0.2) is 0 Å². The van der Waals surface area contributed by atoms with Crippen LogP contribution in [0.3, 0.4) is 0 Å². The molecule has 0 aliphatic carbocycles. The van der Waals surface area contributed by atoms with E-state index in [2.05, 4.69) is 4.98 Å². The Morgan fingerprint density at radius 1 is 1.29 bits per heavy atom. The first kappa shape index (κ1) is 16.5. The van der Waals surface area contributed by atoms with Gasteiger partial charge >= 0.3 is 0 Å². The van der Waals surface area contributed by atoms with Crippen molar-refractivity contribution in [2.75, 3.05) is 13.2 Å². The van der Waals surface area contributed by atoms with Gasteiger partial charge in [0, 0.05) is 24.4 Å². The average Bonchev–Trinajstić information content (AvgIpc) is 2.62. The lowest BCUT2D eigenvalue weighted by Crippen LogP contribution is -2.50. The summed E-state index contributed by atoms with van der Waals surface area (Å²) in [5.74, 6) is 0.447. The third-order valence-electron chi connectivity index (χ3n) is 4.08. The van der Waals surface area contributed by atoms with E-state index in [1.165, 1.54) is 0 Å². The highest BCUT2D eigenvalue weighted by atomic mass is 16.5. The largest absolute Gasteiger partial charge is 0.473 e. The summed E-state index contributed by atoms with van der Waals surface area (Å²) in [6.07, 6.45) is 1.67. The molecule has 2 aromatic rings. The van der Waals surface area contributed by atoms with Gasteiger partial charge in [-0.25, -0.2) is 4.98 Å². The molecular weight excluding hydrogens is 304 g/mol. The van der Waals surface area contributed by atoms with Crippen molar-refractivity contribution in [2.24, 2.45) is 0 Å². The predicted octanol–water partition coefficient (Wildman–Crippen LogP) is 2.91. The lowest BCUT2D eigenvalue weighted by atomic mass is 10.1. The number of amides is 1. The highest BCUT2D eigenvalue weighted by Gasteiger charge is 2.28. The summed E-state index contributed by atoms with van der Waals surface area (Å²) in [7, 11) is 0. The number of hydrogen-bond donors (Lipinski definition) is 0. The number of nitrogens with zero attached hydrogens (tertiary/aromatic N) is 2. The Balaban J connectivity index is 1.69. The molecule has 1 aromatic carbocycles. The van der Waals surface area contributed by atoms with E-state index < -0.39 is 0 Å². The van der Waals surface area contributed by atoms with Crippen LogP contribution in [0.15, 0.2) is 48.7 Å². The van der Waals surface area contributed by atoms with E-state index in [0.717, 1.165) is 5.56 Å². The maximum absolute atomic E-state index is 12.8. The predicted molar refractivity (Wildman–Crippen MR) is 90.9 cm³/mol. The monoisotopic (exact) mass is 326 g/mol. The normalized spacial score (nSPS) is 20.7. The van der Waals surface area contributed by atoms with Crippen LogP contribution in [0.2, 0.25) is 0 Å². The molecule has 0 saturated carbocycles. The number of hydrogen-bond acceptors (Lipinski definition) is 4. The summed E-state index contributed by atoms with van der Waals surface area (Å²) in [4.78, 5) is 18.8. The van der Waals surface area contributed by atoms with Crippen LogP contribution in [0.5, 0.6) is 5.88 Å². The minimum Gasteiger partial charge on any atom is -0.473 e. The van der Waals surface area contributed by atoms with E-state index in [4.69, 9.17) is 9.47 Å². The fourth-order valence-electron chi connectivity index (χ4n) is 2.70.